The van der Waals surface area contributed by atoms with Crippen molar-refractivity contribution < 1.29 is 14.7 Å². The van der Waals surface area contributed by atoms with Crippen molar-refractivity contribution in [2.75, 3.05) is 5.32 Å². The molecule has 2 aromatic carbocycles. The molecule has 1 heterocycles. The number of rotatable bonds is 4. The minimum atomic E-state index is -1.30. The van der Waals surface area contributed by atoms with Gasteiger partial charge in [0.2, 0.25) is 5.91 Å². The van der Waals surface area contributed by atoms with E-state index in [9.17, 15) is 19.5 Å². The van der Waals surface area contributed by atoms with Crippen LogP contribution < -0.4 is 10.9 Å². The molecule has 8 heteroatoms. The summed E-state index contributed by atoms with van der Waals surface area (Å²) in [5.41, 5.74) is -0.117. The van der Waals surface area contributed by atoms with Crippen LogP contribution in [0.3, 0.4) is 0 Å². The Morgan fingerprint density at radius 3 is 2.56 bits per heavy atom. The fraction of sp³-hybridized carbons (Fsp3) is 0.105. The zero-order valence-corrected chi connectivity index (χ0v) is 14.2. The number of hydrogen-bond donors (Lipinski definition) is 2. The number of aromatic nitrogens is 2. The highest BCUT2D eigenvalue weighted by Crippen LogP contribution is 2.16. The van der Waals surface area contributed by atoms with Crippen molar-refractivity contribution >= 4 is 28.3 Å². The molecule has 0 aliphatic carbocycles. The molecule has 1 unspecified atom stereocenters. The molecule has 0 fully saturated rings. The van der Waals surface area contributed by atoms with Crippen molar-refractivity contribution in [1.82, 2.24) is 9.78 Å². The Balaban J connectivity index is 2.02. The Morgan fingerprint density at radius 1 is 1.19 bits per heavy atom. The van der Waals surface area contributed by atoms with Gasteiger partial charge in [0, 0.05) is 11.1 Å². The third-order valence-corrected chi connectivity index (χ3v) is 4.04. The number of nitriles is 1. The SMILES string of the molecule is CC(C(=O)Nc1cccc(C#N)c1)n1nc(C(=O)O)c2ccccc2c1=O. The number of nitrogens with one attached hydrogen (secondary N) is 1. The molecule has 2 N–H and O–H groups in total. The summed E-state index contributed by atoms with van der Waals surface area (Å²) in [5.74, 6) is -1.86. The van der Waals surface area contributed by atoms with Crippen LogP contribution in [0.1, 0.15) is 29.0 Å². The van der Waals surface area contributed by atoms with Gasteiger partial charge >= 0.3 is 5.97 Å². The summed E-state index contributed by atoms with van der Waals surface area (Å²) in [6, 6.07) is 13.4. The third-order valence-electron chi connectivity index (χ3n) is 4.04. The minimum Gasteiger partial charge on any atom is -0.476 e. The summed E-state index contributed by atoms with van der Waals surface area (Å²) in [6.45, 7) is 1.44. The van der Waals surface area contributed by atoms with Gasteiger partial charge in [-0.1, -0.05) is 24.3 Å². The molecule has 0 radical (unpaired) electrons. The van der Waals surface area contributed by atoms with E-state index >= 15 is 0 Å². The number of hydrogen-bond acceptors (Lipinski definition) is 5. The van der Waals surface area contributed by atoms with Crippen molar-refractivity contribution in [3.05, 3.63) is 70.1 Å². The van der Waals surface area contributed by atoms with E-state index in [1.54, 1.807) is 30.3 Å². The van der Waals surface area contributed by atoms with Crippen LogP contribution in [-0.4, -0.2) is 26.8 Å². The highest BCUT2D eigenvalue weighted by molar-refractivity contribution is 6.01. The van der Waals surface area contributed by atoms with Crippen LogP contribution in [-0.2, 0) is 4.79 Å². The van der Waals surface area contributed by atoms with Crippen molar-refractivity contribution in [3.63, 3.8) is 0 Å². The summed E-state index contributed by atoms with van der Waals surface area (Å²) < 4.78 is 0.856. The second kappa shape index (κ2) is 7.09. The van der Waals surface area contributed by atoms with Crippen LogP contribution in [0, 0.1) is 11.3 Å². The Kier molecular flexibility index (Phi) is 4.68. The molecular weight excluding hydrogens is 348 g/mol. The molecule has 3 rings (SSSR count). The predicted octanol–water partition coefficient (Wildman–Crippen LogP) is 2.17. The van der Waals surface area contributed by atoms with Crippen molar-refractivity contribution in [2.24, 2.45) is 0 Å². The van der Waals surface area contributed by atoms with Crippen LogP contribution >= 0.6 is 0 Å². The zero-order valence-electron chi connectivity index (χ0n) is 14.2. The van der Waals surface area contributed by atoms with E-state index in [1.165, 1.54) is 25.1 Å². The maximum atomic E-state index is 12.7. The maximum Gasteiger partial charge on any atom is 0.357 e. The van der Waals surface area contributed by atoms with E-state index in [1.807, 2.05) is 6.07 Å². The summed E-state index contributed by atoms with van der Waals surface area (Å²) in [7, 11) is 0. The van der Waals surface area contributed by atoms with E-state index in [0.717, 1.165) is 4.68 Å². The van der Waals surface area contributed by atoms with Crippen molar-refractivity contribution in [2.45, 2.75) is 13.0 Å². The number of carbonyl (C=O) groups excluding carboxylic acids is 1. The van der Waals surface area contributed by atoms with Crippen LogP contribution in [0.25, 0.3) is 10.8 Å². The summed E-state index contributed by atoms with van der Waals surface area (Å²) in [4.78, 5) is 36.8. The molecule has 0 aliphatic heterocycles. The largest absolute Gasteiger partial charge is 0.476 e. The molecule has 0 aliphatic rings. The van der Waals surface area contributed by atoms with Gasteiger partial charge in [0.15, 0.2) is 5.69 Å². The minimum absolute atomic E-state index is 0.163. The standard InChI is InChI=1S/C19H14N4O4/c1-11(17(24)21-13-6-4-5-12(9-13)10-20)23-18(25)15-8-3-2-7-14(15)16(22-23)19(26)27/h2-9,11H,1H3,(H,21,24)(H,26,27). The first-order valence-electron chi connectivity index (χ1n) is 7.98. The lowest BCUT2D eigenvalue weighted by Crippen LogP contribution is -2.34. The molecule has 134 valence electrons. The van der Waals surface area contributed by atoms with Crippen LogP contribution in [0.2, 0.25) is 0 Å². The quantitative estimate of drug-likeness (QED) is 0.733. The molecule has 3 aromatic rings. The van der Waals surface area contributed by atoms with E-state index in [4.69, 9.17) is 5.26 Å². The number of fused-ring (bicyclic) bond motifs is 1. The first-order chi connectivity index (χ1) is 12.9. The molecule has 27 heavy (non-hydrogen) atoms. The van der Waals surface area contributed by atoms with Crippen LogP contribution in [0.4, 0.5) is 5.69 Å². The Labute approximate surface area is 153 Å². The number of carbonyl (C=O) groups is 2. The lowest BCUT2D eigenvalue weighted by molar-refractivity contribution is -0.119. The Hall–Kier alpha value is -3.99. The average Bonchev–Trinajstić information content (AvgIpc) is 2.67. The molecule has 1 aromatic heterocycles. The molecule has 8 nitrogen and oxygen atoms in total. The fourth-order valence-electron chi connectivity index (χ4n) is 2.65. The summed E-state index contributed by atoms with van der Waals surface area (Å²) in [6.07, 6.45) is 0. The molecule has 0 saturated carbocycles. The topological polar surface area (TPSA) is 125 Å². The predicted molar refractivity (Wildman–Crippen MR) is 97.5 cm³/mol. The van der Waals surface area contributed by atoms with E-state index < -0.39 is 23.5 Å². The number of benzene rings is 2. The van der Waals surface area contributed by atoms with Gasteiger partial charge in [-0.3, -0.25) is 9.59 Å². The lowest BCUT2D eigenvalue weighted by atomic mass is 10.1. The summed E-state index contributed by atoms with van der Waals surface area (Å²) in [5, 5.41) is 25.2. The van der Waals surface area contributed by atoms with Gasteiger partial charge in [-0.05, 0) is 31.2 Å². The van der Waals surface area contributed by atoms with E-state index in [0.29, 0.717) is 11.3 Å². The maximum absolute atomic E-state index is 12.7. The van der Waals surface area contributed by atoms with E-state index in [2.05, 4.69) is 10.4 Å². The average molecular weight is 362 g/mol. The smallest absolute Gasteiger partial charge is 0.357 e. The third kappa shape index (κ3) is 3.39. The van der Waals surface area contributed by atoms with Gasteiger partial charge in [0.25, 0.3) is 5.56 Å². The molecular formula is C19H14N4O4. The van der Waals surface area contributed by atoms with Gasteiger partial charge in [-0.15, -0.1) is 0 Å². The van der Waals surface area contributed by atoms with Gasteiger partial charge in [0.05, 0.1) is 17.0 Å². The van der Waals surface area contributed by atoms with Crippen LogP contribution in [0.5, 0.6) is 0 Å². The van der Waals surface area contributed by atoms with Gasteiger partial charge < -0.3 is 10.4 Å². The number of amides is 1. The zero-order chi connectivity index (χ0) is 19.6. The second-order valence-corrected chi connectivity index (χ2v) is 5.81. The van der Waals surface area contributed by atoms with E-state index in [-0.39, 0.29) is 16.5 Å². The Bertz CT molecular complexity index is 1160. The van der Waals surface area contributed by atoms with Gasteiger partial charge in [-0.2, -0.15) is 10.4 Å². The number of carboxylic acids is 1. The van der Waals surface area contributed by atoms with Crippen LogP contribution in [0.15, 0.2) is 53.3 Å². The highest BCUT2D eigenvalue weighted by Gasteiger charge is 2.22. The molecule has 1 atom stereocenters. The van der Waals surface area contributed by atoms with Gasteiger partial charge in [0.1, 0.15) is 6.04 Å². The van der Waals surface area contributed by atoms with Crippen molar-refractivity contribution in [3.8, 4) is 6.07 Å². The first-order valence-corrected chi connectivity index (χ1v) is 7.98. The molecule has 0 spiro atoms. The summed E-state index contributed by atoms with van der Waals surface area (Å²) >= 11 is 0. The number of nitrogens with zero attached hydrogens (tertiary/aromatic N) is 3. The second-order valence-electron chi connectivity index (χ2n) is 5.81. The fourth-order valence-corrected chi connectivity index (χ4v) is 2.65. The first kappa shape index (κ1) is 17.8. The Morgan fingerprint density at radius 2 is 1.89 bits per heavy atom. The number of aromatic carboxylic acids is 1. The molecule has 0 bridgehead atoms. The number of anilines is 1. The molecule has 0 saturated heterocycles. The van der Waals surface area contributed by atoms with Gasteiger partial charge in [-0.25, -0.2) is 9.48 Å². The number of carboxylic acid groups (broad SMARTS) is 1. The van der Waals surface area contributed by atoms with Crippen molar-refractivity contribution in [1.29, 1.82) is 5.26 Å². The lowest BCUT2D eigenvalue weighted by Gasteiger charge is -2.16. The normalized spacial score (nSPS) is 11.6. The molecule has 1 amide bonds. The monoisotopic (exact) mass is 362 g/mol. The highest BCUT2D eigenvalue weighted by atomic mass is 16.4.